The van der Waals surface area contributed by atoms with E-state index in [2.05, 4.69) is 0 Å². The van der Waals surface area contributed by atoms with E-state index in [0.717, 1.165) is 22.2 Å². The van der Waals surface area contributed by atoms with E-state index in [9.17, 15) is 9.59 Å². The average Bonchev–Trinajstić information content (AvgIpc) is 3.08. The number of anilines is 1. The number of imide groups is 1. The molecule has 5 nitrogen and oxygen atoms in total. The maximum absolute atomic E-state index is 12.9. The van der Waals surface area contributed by atoms with E-state index in [4.69, 9.17) is 32.7 Å². The van der Waals surface area contributed by atoms with Crippen molar-refractivity contribution in [2.75, 3.05) is 11.5 Å². The lowest BCUT2D eigenvalue weighted by Crippen LogP contribution is -2.27. The van der Waals surface area contributed by atoms with Gasteiger partial charge in [0.2, 0.25) is 0 Å². The van der Waals surface area contributed by atoms with Gasteiger partial charge in [-0.1, -0.05) is 47.5 Å². The van der Waals surface area contributed by atoms with E-state index in [1.54, 1.807) is 48.5 Å². The Morgan fingerprint density at radius 1 is 0.939 bits per heavy atom. The minimum atomic E-state index is -0.385. The van der Waals surface area contributed by atoms with Crippen molar-refractivity contribution in [2.45, 2.75) is 13.5 Å². The summed E-state index contributed by atoms with van der Waals surface area (Å²) in [4.78, 5) is 26.8. The summed E-state index contributed by atoms with van der Waals surface area (Å²) in [5.74, 6) is 0.711. The van der Waals surface area contributed by atoms with E-state index in [0.29, 0.717) is 50.9 Å². The first-order valence-corrected chi connectivity index (χ1v) is 11.7. The molecule has 0 bridgehead atoms. The predicted octanol–water partition coefficient (Wildman–Crippen LogP) is 7.21. The first-order valence-electron chi connectivity index (χ1n) is 10.1. The van der Waals surface area contributed by atoms with Gasteiger partial charge in [-0.2, -0.15) is 0 Å². The van der Waals surface area contributed by atoms with E-state index in [1.807, 2.05) is 31.2 Å². The zero-order chi connectivity index (χ0) is 23.4. The summed E-state index contributed by atoms with van der Waals surface area (Å²) in [6.45, 7) is 2.61. The maximum Gasteiger partial charge on any atom is 0.298 e. The van der Waals surface area contributed by atoms with Crippen molar-refractivity contribution in [3.05, 3.63) is 92.8 Å². The van der Waals surface area contributed by atoms with Crippen molar-refractivity contribution in [3.8, 4) is 11.5 Å². The molecule has 3 aromatic carbocycles. The molecule has 168 valence electrons. The second-order valence-electron chi connectivity index (χ2n) is 7.01. The molecule has 1 fully saturated rings. The van der Waals surface area contributed by atoms with E-state index < -0.39 is 0 Å². The Balaban J connectivity index is 1.55. The fraction of sp³-hybridized carbons (Fsp3) is 0.120. The molecule has 0 spiro atoms. The largest absolute Gasteiger partial charge is 0.490 e. The number of hydrogen-bond donors (Lipinski definition) is 0. The van der Waals surface area contributed by atoms with Gasteiger partial charge in [-0.15, -0.1) is 0 Å². The smallest absolute Gasteiger partial charge is 0.298 e. The van der Waals surface area contributed by atoms with Crippen molar-refractivity contribution in [1.29, 1.82) is 0 Å². The van der Waals surface area contributed by atoms with Crippen LogP contribution in [0.3, 0.4) is 0 Å². The summed E-state index contributed by atoms with van der Waals surface area (Å²) >= 11 is 13.0. The number of benzene rings is 3. The van der Waals surface area contributed by atoms with Crippen LogP contribution in [-0.2, 0) is 11.4 Å². The molecule has 1 aliphatic rings. The quantitative estimate of drug-likeness (QED) is 0.321. The van der Waals surface area contributed by atoms with Crippen molar-refractivity contribution in [3.63, 3.8) is 0 Å². The van der Waals surface area contributed by atoms with Crippen molar-refractivity contribution >= 4 is 57.9 Å². The van der Waals surface area contributed by atoms with Crippen LogP contribution >= 0.6 is 35.0 Å². The lowest BCUT2D eigenvalue weighted by Gasteiger charge is -2.13. The summed E-state index contributed by atoms with van der Waals surface area (Å²) in [7, 11) is 0. The van der Waals surface area contributed by atoms with Gasteiger partial charge in [0.25, 0.3) is 11.1 Å². The monoisotopic (exact) mass is 499 g/mol. The van der Waals surface area contributed by atoms with Crippen LogP contribution < -0.4 is 14.4 Å². The maximum atomic E-state index is 12.9. The van der Waals surface area contributed by atoms with Crippen LogP contribution in [0.4, 0.5) is 10.5 Å². The molecule has 1 saturated heterocycles. The van der Waals surface area contributed by atoms with Gasteiger partial charge in [-0.05, 0) is 72.8 Å². The molecule has 33 heavy (non-hydrogen) atoms. The number of halogens is 2. The summed E-state index contributed by atoms with van der Waals surface area (Å²) in [6, 6.07) is 19.4. The van der Waals surface area contributed by atoms with Crippen molar-refractivity contribution < 1.29 is 19.1 Å². The van der Waals surface area contributed by atoms with Crippen LogP contribution in [0.25, 0.3) is 6.08 Å². The Labute approximate surface area is 205 Å². The van der Waals surface area contributed by atoms with Crippen LogP contribution in [0.2, 0.25) is 10.0 Å². The third kappa shape index (κ3) is 5.36. The average molecular weight is 500 g/mol. The first kappa shape index (κ1) is 23.2. The zero-order valence-corrected chi connectivity index (χ0v) is 19.9. The molecule has 2 amide bonds. The molecular formula is C25H19Cl2NO4S. The molecule has 0 N–H and O–H groups in total. The highest BCUT2D eigenvalue weighted by Crippen LogP contribution is 2.37. The Hall–Kier alpha value is -2.93. The number of nitrogens with zero attached hydrogens (tertiary/aromatic N) is 1. The van der Waals surface area contributed by atoms with Gasteiger partial charge in [0.15, 0.2) is 11.5 Å². The molecule has 0 unspecified atom stereocenters. The second-order valence-corrected chi connectivity index (χ2v) is 8.85. The lowest BCUT2D eigenvalue weighted by molar-refractivity contribution is -0.113. The highest BCUT2D eigenvalue weighted by Gasteiger charge is 2.36. The molecule has 3 aromatic rings. The zero-order valence-electron chi connectivity index (χ0n) is 17.6. The van der Waals surface area contributed by atoms with Crippen LogP contribution in [-0.4, -0.2) is 17.8 Å². The van der Waals surface area contributed by atoms with Gasteiger partial charge < -0.3 is 9.47 Å². The lowest BCUT2D eigenvalue weighted by atomic mass is 10.1. The number of rotatable bonds is 7. The molecule has 1 heterocycles. The fourth-order valence-electron chi connectivity index (χ4n) is 3.20. The summed E-state index contributed by atoms with van der Waals surface area (Å²) in [5.41, 5.74) is 2.05. The molecule has 1 aliphatic heterocycles. The molecule has 0 aromatic heterocycles. The second kappa shape index (κ2) is 10.3. The van der Waals surface area contributed by atoms with Gasteiger partial charge >= 0.3 is 0 Å². The predicted molar refractivity (Wildman–Crippen MR) is 133 cm³/mol. The van der Waals surface area contributed by atoms with Crippen LogP contribution in [0.5, 0.6) is 11.5 Å². The Morgan fingerprint density at radius 3 is 2.42 bits per heavy atom. The third-order valence-corrected chi connectivity index (χ3v) is 6.28. The van der Waals surface area contributed by atoms with Gasteiger partial charge in [-0.3, -0.25) is 9.59 Å². The first-order chi connectivity index (χ1) is 16.0. The normalized spacial score (nSPS) is 14.8. The van der Waals surface area contributed by atoms with Crippen LogP contribution in [0.1, 0.15) is 18.1 Å². The Bertz CT molecular complexity index is 1230. The van der Waals surface area contributed by atoms with Crippen molar-refractivity contribution in [1.82, 2.24) is 0 Å². The van der Waals surface area contributed by atoms with E-state index >= 15 is 0 Å². The van der Waals surface area contributed by atoms with E-state index in [1.165, 1.54) is 0 Å². The molecule has 0 saturated carbocycles. The number of hydrogen-bond acceptors (Lipinski definition) is 5. The molecule has 0 aliphatic carbocycles. The Kier molecular flexibility index (Phi) is 7.28. The van der Waals surface area contributed by atoms with Crippen LogP contribution in [0.15, 0.2) is 71.6 Å². The highest BCUT2D eigenvalue weighted by atomic mass is 35.5. The summed E-state index contributed by atoms with van der Waals surface area (Å²) < 4.78 is 11.7. The highest BCUT2D eigenvalue weighted by molar-refractivity contribution is 8.19. The van der Waals surface area contributed by atoms with Gasteiger partial charge in [0, 0.05) is 15.6 Å². The third-order valence-electron chi connectivity index (χ3n) is 4.78. The minimum absolute atomic E-state index is 0.291. The topological polar surface area (TPSA) is 55.8 Å². The Morgan fingerprint density at radius 2 is 1.70 bits per heavy atom. The molecule has 0 radical (unpaired) electrons. The number of amides is 2. The van der Waals surface area contributed by atoms with Crippen LogP contribution in [0, 0.1) is 0 Å². The number of ether oxygens (including phenoxy) is 2. The number of carbonyl (C=O) groups excluding carboxylic acids is 2. The number of carbonyl (C=O) groups is 2. The van der Waals surface area contributed by atoms with E-state index in [-0.39, 0.29) is 11.1 Å². The summed E-state index contributed by atoms with van der Waals surface area (Å²) in [6.07, 6.45) is 1.67. The van der Waals surface area contributed by atoms with Gasteiger partial charge in [0.05, 0.1) is 17.2 Å². The summed E-state index contributed by atoms with van der Waals surface area (Å²) in [5, 5.41) is 0.795. The fourth-order valence-corrected chi connectivity index (χ4v) is 4.36. The van der Waals surface area contributed by atoms with Gasteiger partial charge in [-0.25, -0.2) is 4.90 Å². The van der Waals surface area contributed by atoms with Crippen molar-refractivity contribution in [2.24, 2.45) is 0 Å². The molecule has 8 heteroatoms. The number of thioether (sulfide) groups is 1. The minimum Gasteiger partial charge on any atom is -0.490 e. The van der Waals surface area contributed by atoms with Gasteiger partial charge in [0.1, 0.15) is 6.61 Å². The molecular weight excluding hydrogens is 481 g/mol. The molecule has 4 rings (SSSR count). The molecule has 0 atom stereocenters. The SMILES string of the molecule is CCOc1cc(/C=C2\SC(=O)N(c3ccc(Cl)cc3)C2=O)ccc1OCc1ccccc1Cl. The standard InChI is InChI=1S/C25H19Cl2NO4S/c1-2-31-22-13-16(7-12-21(22)32-15-17-5-3-4-6-20(17)27)14-23-24(29)28(25(30)33-23)19-10-8-18(26)9-11-19/h3-14H,2,15H2,1H3/b23-14-.